The van der Waals surface area contributed by atoms with Crippen molar-refractivity contribution in [3.05, 3.63) is 0 Å². The van der Waals surface area contributed by atoms with E-state index >= 15 is 0 Å². The van der Waals surface area contributed by atoms with E-state index in [-0.39, 0.29) is 18.3 Å². The Hall–Kier alpha value is -1.30. The molecule has 0 bridgehead atoms. The summed E-state index contributed by atoms with van der Waals surface area (Å²) in [5, 5.41) is 11.2. The lowest BCUT2D eigenvalue weighted by Gasteiger charge is -2.21. The second-order valence-electron chi connectivity index (χ2n) is 3.59. The van der Waals surface area contributed by atoms with E-state index in [0.29, 0.717) is 19.0 Å². The minimum atomic E-state index is -0.0364. The summed E-state index contributed by atoms with van der Waals surface area (Å²) in [6, 6.07) is 0.319. The van der Waals surface area contributed by atoms with E-state index in [2.05, 4.69) is 5.16 Å². The van der Waals surface area contributed by atoms with E-state index in [9.17, 15) is 4.79 Å². The van der Waals surface area contributed by atoms with Crippen LogP contribution in [-0.2, 0) is 9.53 Å². The third-order valence-corrected chi connectivity index (χ3v) is 2.31. The summed E-state index contributed by atoms with van der Waals surface area (Å²) in [6.07, 6.45) is 2.46. The number of hydrogen-bond acceptors (Lipinski definition) is 4. The number of amides is 1. The highest BCUT2D eigenvalue weighted by molar-refractivity contribution is 5.82. The van der Waals surface area contributed by atoms with Gasteiger partial charge in [-0.05, 0) is 12.8 Å². The number of ether oxygens (including phenoxy) is 1. The van der Waals surface area contributed by atoms with Gasteiger partial charge in [-0.15, -0.1) is 0 Å². The number of carbonyl (C=O) groups excluding carboxylic acids is 1. The van der Waals surface area contributed by atoms with Gasteiger partial charge >= 0.3 is 0 Å². The number of hydrogen-bond donors (Lipinski definition) is 2. The first kappa shape index (κ1) is 11.8. The van der Waals surface area contributed by atoms with Crippen molar-refractivity contribution in [2.45, 2.75) is 25.3 Å². The molecule has 86 valence electrons. The second-order valence-corrected chi connectivity index (χ2v) is 3.59. The van der Waals surface area contributed by atoms with E-state index in [1.54, 1.807) is 4.90 Å². The third kappa shape index (κ3) is 3.75. The van der Waals surface area contributed by atoms with Crippen LogP contribution in [0.5, 0.6) is 0 Å². The number of methoxy groups -OCH3 is 1. The molecule has 6 nitrogen and oxygen atoms in total. The van der Waals surface area contributed by atoms with Gasteiger partial charge in [0.1, 0.15) is 12.4 Å². The number of nitrogens with zero attached hydrogens (tertiary/aromatic N) is 2. The fourth-order valence-electron chi connectivity index (χ4n) is 1.39. The maximum atomic E-state index is 11.6. The zero-order chi connectivity index (χ0) is 11.3. The van der Waals surface area contributed by atoms with Crippen LogP contribution in [0.1, 0.15) is 19.3 Å². The molecule has 0 heterocycles. The SMILES string of the molecule is COCC(=O)N(CCC(N)=NO)C1CC1. The van der Waals surface area contributed by atoms with E-state index in [1.807, 2.05) is 0 Å². The van der Waals surface area contributed by atoms with Gasteiger partial charge in [0.05, 0.1) is 0 Å². The minimum absolute atomic E-state index is 0.0364. The van der Waals surface area contributed by atoms with Gasteiger partial charge in [-0.1, -0.05) is 5.16 Å². The summed E-state index contributed by atoms with van der Waals surface area (Å²) in [5.41, 5.74) is 5.35. The first-order valence-corrected chi connectivity index (χ1v) is 4.93. The highest BCUT2D eigenvalue weighted by atomic mass is 16.5. The fourth-order valence-corrected chi connectivity index (χ4v) is 1.39. The molecule has 0 unspecified atom stereocenters. The average molecular weight is 215 g/mol. The number of nitrogens with two attached hydrogens (primary N) is 1. The Morgan fingerprint density at radius 3 is 2.80 bits per heavy atom. The maximum Gasteiger partial charge on any atom is 0.248 e. The van der Waals surface area contributed by atoms with Gasteiger partial charge in [0.2, 0.25) is 5.91 Å². The summed E-state index contributed by atoms with van der Waals surface area (Å²) >= 11 is 0. The van der Waals surface area contributed by atoms with Crippen LogP contribution < -0.4 is 5.73 Å². The lowest BCUT2D eigenvalue weighted by molar-refractivity contribution is -0.135. The topological polar surface area (TPSA) is 88.2 Å². The summed E-state index contributed by atoms with van der Waals surface area (Å²) in [6.45, 7) is 0.579. The highest BCUT2D eigenvalue weighted by Crippen LogP contribution is 2.26. The first-order chi connectivity index (χ1) is 7.19. The van der Waals surface area contributed by atoms with Crippen LogP contribution in [0.25, 0.3) is 0 Å². The van der Waals surface area contributed by atoms with Crippen LogP contribution in [0.3, 0.4) is 0 Å². The van der Waals surface area contributed by atoms with Gasteiger partial charge in [0.15, 0.2) is 0 Å². The normalized spacial score (nSPS) is 16.5. The largest absolute Gasteiger partial charge is 0.409 e. The molecule has 15 heavy (non-hydrogen) atoms. The zero-order valence-electron chi connectivity index (χ0n) is 8.85. The summed E-state index contributed by atoms with van der Waals surface area (Å²) < 4.78 is 4.79. The van der Waals surface area contributed by atoms with Crippen LogP contribution in [0, 0.1) is 0 Å². The Kier molecular flexibility index (Phi) is 4.36. The monoisotopic (exact) mass is 215 g/mol. The Morgan fingerprint density at radius 1 is 1.67 bits per heavy atom. The molecule has 0 radical (unpaired) electrons. The Balaban J connectivity index is 2.40. The molecule has 0 saturated heterocycles. The average Bonchev–Trinajstić information content (AvgIpc) is 3.02. The molecule has 1 aliphatic carbocycles. The van der Waals surface area contributed by atoms with Gasteiger partial charge in [-0.2, -0.15) is 0 Å². The molecule has 0 aliphatic heterocycles. The molecular formula is C9H17N3O3. The number of rotatable bonds is 6. The van der Waals surface area contributed by atoms with Crippen molar-refractivity contribution >= 4 is 11.7 Å². The molecular weight excluding hydrogens is 198 g/mol. The zero-order valence-corrected chi connectivity index (χ0v) is 8.85. The standard InChI is InChI=1S/C9H17N3O3/c1-15-6-9(13)12(7-2-3-7)5-4-8(10)11-14/h7,14H,2-6H2,1H3,(H2,10,11). The molecule has 1 rings (SSSR count). The van der Waals surface area contributed by atoms with Gasteiger partial charge in [0.25, 0.3) is 0 Å². The quantitative estimate of drug-likeness (QED) is 0.277. The van der Waals surface area contributed by atoms with E-state index in [0.717, 1.165) is 12.8 Å². The van der Waals surface area contributed by atoms with Crippen molar-refractivity contribution in [3.63, 3.8) is 0 Å². The van der Waals surface area contributed by atoms with Crippen LogP contribution in [0.15, 0.2) is 5.16 Å². The smallest absolute Gasteiger partial charge is 0.248 e. The minimum Gasteiger partial charge on any atom is -0.409 e. The molecule has 0 aromatic rings. The number of amidine groups is 1. The Morgan fingerprint density at radius 2 is 2.33 bits per heavy atom. The molecule has 1 aliphatic rings. The third-order valence-electron chi connectivity index (χ3n) is 2.31. The summed E-state index contributed by atoms with van der Waals surface area (Å²) in [4.78, 5) is 13.3. The van der Waals surface area contributed by atoms with Gasteiger partial charge in [-0.25, -0.2) is 0 Å². The molecule has 0 aromatic heterocycles. The van der Waals surface area contributed by atoms with Crippen LogP contribution in [-0.4, -0.2) is 48.2 Å². The number of oxime groups is 1. The van der Waals surface area contributed by atoms with Crippen molar-refractivity contribution in [3.8, 4) is 0 Å². The Bertz CT molecular complexity index is 251. The molecule has 6 heteroatoms. The lowest BCUT2D eigenvalue weighted by Crippen LogP contribution is -2.38. The first-order valence-electron chi connectivity index (χ1n) is 4.93. The molecule has 0 aromatic carbocycles. The van der Waals surface area contributed by atoms with Gasteiger partial charge in [0, 0.05) is 26.1 Å². The second kappa shape index (κ2) is 5.55. The maximum absolute atomic E-state index is 11.6. The van der Waals surface area contributed by atoms with E-state index in [1.165, 1.54) is 7.11 Å². The molecule has 1 fully saturated rings. The van der Waals surface area contributed by atoms with E-state index < -0.39 is 0 Å². The Labute approximate surface area is 88.7 Å². The van der Waals surface area contributed by atoms with E-state index in [4.69, 9.17) is 15.7 Å². The van der Waals surface area contributed by atoms with Crippen LogP contribution in [0.4, 0.5) is 0 Å². The summed E-state index contributed by atoms with van der Waals surface area (Å²) in [7, 11) is 1.49. The van der Waals surface area contributed by atoms with Gasteiger partial charge < -0.3 is 20.6 Å². The van der Waals surface area contributed by atoms with Crippen molar-refractivity contribution in [2.75, 3.05) is 20.3 Å². The molecule has 1 amide bonds. The van der Waals surface area contributed by atoms with Crippen molar-refractivity contribution in [1.82, 2.24) is 4.90 Å². The molecule has 0 spiro atoms. The highest BCUT2D eigenvalue weighted by Gasteiger charge is 2.32. The fraction of sp³-hybridized carbons (Fsp3) is 0.778. The van der Waals surface area contributed by atoms with Crippen LogP contribution in [0.2, 0.25) is 0 Å². The molecule has 3 N–H and O–H groups in total. The van der Waals surface area contributed by atoms with Crippen molar-refractivity contribution in [2.24, 2.45) is 10.9 Å². The van der Waals surface area contributed by atoms with Crippen LogP contribution >= 0.6 is 0 Å². The number of carbonyl (C=O) groups is 1. The molecule has 0 atom stereocenters. The van der Waals surface area contributed by atoms with Crippen molar-refractivity contribution in [1.29, 1.82) is 0 Å². The predicted molar refractivity (Wildman–Crippen MR) is 54.6 cm³/mol. The molecule has 1 saturated carbocycles. The summed E-state index contributed by atoms with van der Waals surface area (Å²) in [5.74, 6) is 0.108. The van der Waals surface area contributed by atoms with Gasteiger partial charge in [-0.3, -0.25) is 4.79 Å². The van der Waals surface area contributed by atoms with Crippen molar-refractivity contribution < 1.29 is 14.7 Å². The lowest BCUT2D eigenvalue weighted by atomic mass is 10.3. The predicted octanol–water partition coefficient (Wildman–Crippen LogP) is -0.240.